The van der Waals surface area contributed by atoms with Crippen LogP contribution in [0.25, 0.3) is 12.2 Å². The van der Waals surface area contributed by atoms with Crippen molar-refractivity contribution in [2.24, 2.45) is 0 Å². The smallest absolute Gasteiger partial charge is 0.338 e. The van der Waals surface area contributed by atoms with Gasteiger partial charge in [0.15, 0.2) is 5.69 Å². The summed E-state index contributed by atoms with van der Waals surface area (Å²) in [5.74, 6) is 0.409. The summed E-state index contributed by atoms with van der Waals surface area (Å²) in [6, 6.07) is 7.53. The normalized spacial score (nSPS) is 11.7. The van der Waals surface area contributed by atoms with Crippen molar-refractivity contribution in [3.8, 4) is 5.75 Å². The van der Waals surface area contributed by atoms with Crippen LogP contribution in [0.15, 0.2) is 39.1 Å². The second kappa shape index (κ2) is 8.23. The first-order chi connectivity index (χ1) is 13.7. The van der Waals surface area contributed by atoms with Crippen LogP contribution in [0.4, 0.5) is 11.4 Å². The molecule has 0 atom stereocenters. The van der Waals surface area contributed by atoms with Crippen LogP contribution in [0.3, 0.4) is 0 Å². The van der Waals surface area contributed by atoms with Crippen molar-refractivity contribution in [3.63, 3.8) is 0 Å². The van der Waals surface area contributed by atoms with E-state index in [-0.39, 0.29) is 32.1 Å². The van der Waals surface area contributed by atoms with Crippen molar-refractivity contribution < 1.29 is 22.6 Å². The number of halogens is 1. The molecule has 12 heteroatoms. The molecule has 1 N–H and O–H groups in total. The van der Waals surface area contributed by atoms with Gasteiger partial charge in [-0.05, 0) is 49.4 Å². The Balaban J connectivity index is 1.80. The third-order valence-electron chi connectivity index (χ3n) is 3.71. The first-order valence-electron chi connectivity index (χ1n) is 7.96. The number of aromatic nitrogens is 1. The van der Waals surface area contributed by atoms with Crippen molar-refractivity contribution in [3.05, 3.63) is 61.8 Å². The zero-order chi connectivity index (χ0) is 21.2. The fraction of sp³-hybridized carbons (Fsp3) is 0.118. The number of nitrogens with zero attached hydrogens (tertiary/aromatic N) is 2. The van der Waals surface area contributed by atoms with Crippen LogP contribution in [-0.4, -0.2) is 25.6 Å². The molecular formula is C17H14ClN3O6S2. The molecule has 0 amide bonds. The monoisotopic (exact) mass is 455 g/mol. The molecule has 0 radical (unpaired) electrons. The number of ether oxygens (including phenoxy) is 1. The minimum Gasteiger partial charge on any atom is -0.495 e. The lowest BCUT2D eigenvalue weighted by atomic mass is 10.3. The Kier molecular flexibility index (Phi) is 5.91. The van der Waals surface area contributed by atoms with Crippen molar-refractivity contribution in [2.75, 3.05) is 11.8 Å². The highest BCUT2D eigenvalue weighted by atomic mass is 35.5. The highest BCUT2D eigenvalue weighted by molar-refractivity contribution is 7.94. The van der Waals surface area contributed by atoms with E-state index in [2.05, 4.69) is 9.88 Å². The Morgan fingerprint density at radius 2 is 2.07 bits per heavy atom. The van der Waals surface area contributed by atoms with Gasteiger partial charge in [0.1, 0.15) is 9.96 Å². The lowest BCUT2D eigenvalue weighted by Gasteiger charge is -2.08. The summed E-state index contributed by atoms with van der Waals surface area (Å²) in [5.41, 5.74) is 0.212. The number of aryl methyl sites for hydroxylation is 1. The van der Waals surface area contributed by atoms with Crippen LogP contribution in [0.1, 0.15) is 16.3 Å². The summed E-state index contributed by atoms with van der Waals surface area (Å²) in [4.78, 5) is 11.0. The first kappa shape index (κ1) is 20.8. The van der Waals surface area contributed by atoms with Gasteiger partial charge >= 0.3 is 5.69 Å². The van der Waals surface area contributed by atoms with E-state index in [0.717, 1.165) is 11.3 Å². The Morgan fingerprint density at radius 3 is 2.72 bits per heavy atom. The summed E-state index contributed by atoms with van der Waals surface area (Å²) in [7, 11) is -2.38. The van der Waals surface area contributed by atoms with E-state index >= 15 is 0 Å². The molecule has 0 spiro atoms. The molecule has 9 nitrogen and oxygen atoms in total. The average Bonchev–Trinajstić information content (AvgIpc) is 3.27. The molecule has 3 aromatic rings. The van der Waals surface area contributed by atoms with Gasteiger partial charge in [-0.2, -0.15) is 0 Å². The molecule has 0 fully saturated rings. The van der Waals surface area contributed by atoms with E-state index in [4.69, 9.17) is 20.9 Å². The first-order valence-corrected chi connectivity index (χ1v) is 10.6. The van der Waals surface area contributed by atoms with Crippen molar-refractivity contribution in [1.82, 2.24) is 5.16 Å². The molecule has 152 valence electrons. The molecule has 0 aliphatic rings. The quantitative estimate of drug-likeness (QED) is 0.408. The molecule has 0 saturated heterocycles. The molecule has 0 aliphatic carbocycles. The summed E-state index contributed by atoms with van der Waals surface area (Å²) >= 11 is 7.00. The molecule has 0 saturated carbocycles. The van der Waals surface area contributed by atoms with E-state index in [1.54, 1.807) is 12.1 Å². The third kappa shape index (κ3) is 4.58. The van der Waals surface area contributed by atoms with Crippen LogP contribution in [0.5, 0.6) is 5.75 Å². The third-order valence-corrected chi connectivity index (χ3v) is 6.93. The number of sulfonamides is 1. The van der Waals surface area contributed by atoms with Crippen LogP contribution < -0.4 is 9.46 Å². The van der Waals surface area contributed by atoms with E-state index in [9.17, 15) is 18.5 Å². The Hall–Kier alpha value is -2.89. The number of rotatable bonds is 7. The minimum atomic E-state index is -3.84. The van der Waals surface area contributed by atoms with Crippen LogP contribution in [0.2, 0.25) is 5.02 Å². The van der Waals surface area contributed by atoms with E-state index in [1.807, 2.05) is 0 Å². The van der Waals surface area contributed by atoms with E-state index in [0.29, 0.717) is 10.6 Å². The van der Waals surface area contributed by atoms with Gasteiger partial charge in [0.25, 0.3) is 10.0 Å². The molecule has 1 aromatic carbocycles. The van der Waals surface area contributed by atoms with Gasteiger partial charge in [-0.3, -0.25) is 14.8 Å². The van der Waals surface area contributed by atoms with Gasteiger partial charge in [-0.15, -0.1) is 11.3 Å². The zero-order valence-corrected chi connectivity index (χ0v) is 17.5. The number of methoxy groups -OCH3 is 1. The largest absolute Gasteiger partial charge is 0.495 e. The fourth-order valence-electron chi connectivity index (χ4n) is 2.38. The average molecular weight is 456 g/mol. The number of benzene rings is 1. The van der Waals surface area contributed by atoms with Crippen LogP contribution in [0, 0.1) is 17.0 Å². The minimum absolute atomic E-state index is 0.0173. The molecule has 2 heterocycles. The van der Waals surface area contributed by atoms with Crippen LogP contribution in [-0.2, 0) is 10.0 Å². The number of anilines is 1. The molecule has 3 rings (SSSR count). The van der Waals surface area contributed by atoms with Gasteiger partial charge in [0.2, 0.25) is 5.76 Å². The molecule has 29 heavy (non-hydrogen) atoms. The van der Waals surface area contributed by atoms with Gasteiger partial charge in [0.05, 0.1) is 22.7 Å². The van der Waals surface area contributed by atoms with Gasteiger partial charge < -0.3 is 9.26 Å². The van der Waals surface area contributed by atoms with Gasteiger partial charge in [-0.25, -0.2) is 8.42 Å². The number of hydrogen-bond acceptors (Lipinski definition) is 8. The Labute approximate surface area is 174 Å². The second-order valence-electron chi connectivity index (χ2n) is 5.68. The predicted molar refractivity (Wildman–Crippen MR) is 110 cm³/mol. The second-order valence-corrected chi connectivity index (χ2v) is 9.11. The highest BCUT2D eigenvalue weighted by Crippen LogP contribution is 2.31. The molecule has 0 aliphatic heterocycles. The number of hydrogen-bond donors (Lipinski definition) is 1. The standard InChI is InChI=1S/C17H14ClN3O6S2/c1-10-17(21(22)23)15(27-19-10)7-4-12-5-8-16(28-12)29(24,25)20-11-3-6-14(26-2)13(18)9-11/h3-9,20H,1-2H3. The maximum atomic E-state index is 12.6. The maximum Gasteiger partial charge on any atom is 0.338 e. The molecule has 2 aromatic heterocycles. The fourth-order valence-corrected chi connectivity index (χ4v) is 4.91. The van der Waals surface area contributed by atoms with Crippen molar-refractivity contribution >= 4 is 56.5 Å². The van der Waals surface area contributed by atoms with E-state index in [1.165, 1.54) is 44.4 Å². The topological polar surface area (TPSA) is 125 Å². The van der Waals surface area contributed by atoms with Crippen LogP contribution >= 0.6 is 22.9 Å². The summed E-state index contributed by atoms with van der Waals surface area (Å²) in [6.07, 6.45) is 2.89. The van der Waals surface area contributed by atoms with E-state index < -0.39 is 14.9 Å². The number of nitrogens with one attached hydrogen (secondary N) is 1. The molecule has 0 unspecified atom stereocenters. The lowest BCUT2D eigenvalue weighted by molar-refractivity contribution is -0.386. The van der Waals surface area contributed by atoms with Gasteiger partial charge in [0, 0.05) is 4.88 Å². The number of thiophene rings is 1. The maximum absolute atomic E-state index is 12.6. The van der Waals surface area contributed by atoms with Crippen molar-refractivity contribution in [1.29, 1.82) is 0 Å². The SMILES string of the molecule is COc1ccc(NS(=O)(=O)c2ccc(C=Cc3onc(C)c3[N+](=O)[O-])s2)cc1Cl. The molecular weight excluding hydrogens is 442 g/mol. The summed E-state index contributed by atoms with van der Waals surface area (Å²) in [6.45, 7) is 1.46. The zero-order valence-electron chi connectivity index (χ0n) is 15.1. The highest BCUT2D eigenvalue weighted by Gasteiger charge is 2.22. The molecule has 0 bridgehead atoms. The Bertz CT molecular complexity index is 1200. The van der Waals surface area contributed by atoms with Gasteiger partial charge in [-0.1, -0.05) is 16.8 Å². The lowest BCUT2D eigenvalue weighted by Crippen LogP contribution is -2.11. The Morgan fingerprint density at radius 1 is 1.31 bits per heavy atom. The summed E-state index contributed by atoms with van der Waals surface area (Å²) in [5, 5.41) is 14.9. The van der Waals surface area contributed by atoms with Crippen molar-refractivity contribution in [2.45, 2.75) is 11.1 Å². The predicted octanol–water partition coefficient (Wildman–Crippen LogP) is 4.59. The summed E-state index contributed by atoms with van der Waals surface area (Å²) < 4.78 is 37.6. The number of nitro groups is 1.